The van der Waals surface area contributed by atoms with Crippen molar-refractivity contribution in [3.8, 4) is 0 Å². The quantitative estimate of drug-likeness (QED) is 0.578. The van der Waals surface area contributed by atoms with Gasteiger partial charge in [-0.3, -0.25) is 9.48 Å². The first-order valence-corrected chi connectivity index (χ1v) is 10.4. The van der Waals surface area contributed by atoms with Crippen LogP contribution >= 0.6 is 15.9 Å². The lowest BCUT2D eigenvalue weighted by Crippen LogP contribution is -2.20. The lowest BCUT2D eigenvalue weighted by Gasteiger charge is -2.09. The molecular formula is C17H17BrN6O3S. The number of halogens is 1. The van der Waals surface area contributed by atoms with Gasteiger partial charge in [0.1, 0.15) is 6.54 Å². The van der Waals surface area contributed by atoms with E-state index in [0.717, 1.165) is 15.9 Å². The van der Waals surface area contributed by atoms with Gasteiger partial charge in [0.05, 0.1) is 20.8 Å². The predicted octanol–water partition coefficient (Wildman–Crippen LogP) is 2.49. The van der Waals surface area contributed by atoms with Crippen LogP contribution in [0.15, 0.2) is 52.1 Å². The molecule has 0 fully saturated rings. The highest BCUT2D eigenvalue weighted by molar-refractivity contribution is 9.10. The molecule has 9 nitrogen and oxygen atoms in total. The van der Waals surface area contributed by atoms with Gasteiger partial charge in [-0.15, -0.1) is 0 Å². The SMILES string of the molecule is Cc1nn(CC(=O)Nc2ccc(S(=O)(=O)Nc3ncccn3)cc2)c(C)c1Br. The molecule has 11 heteroatoms. The first-order chi connectivity index (χ1) is 13.3. The molecular weight excluding hydrogens is 448 g/mol. The summed E-state index contributed by atoms with van der Waals surface area (Å²) in [5.41, 5.74) is 2.12. The summed E-state index contributed by atoms with van der Waals surface area (Å²) in [7, 11) is -3.82. The number of amides is 1. The molecule has 1 amide bonds. The fourth-order valence-corrected chi connectivity index (χ4v) is 3.66. The number of rotatable bonds is 6. The van der Waals surface area contributed by atoms with E-state index in [0.29, 0.717) is 5.69 Å². The van der Waals surface area contributed by atoms with Crippen LogP contribution in [0.5, 0.6) is 0 Å². The van der Waals surface area contributed by atoms with Crippen molar-refractivity contribution in [2.24, 2.45) is 0 Å². The topological polar surface area (TPSA) is 119 Å². The summed E-state index contributed by atoms with van der Waals surface area (Å²) in [5, 5.41) is 7.01. The summed E-state index contributed by atoms with van der Waals surface area (Å²) in [6, 6.07) is 7.38. The molecule has 1 aromatic carbocycles. The third-order valence-electron chi connectivity index (χ3n) is 3.83. The fourth-order valence-electron chi connectivity index (χ4n) is 2.41. The monoisotopic (exact) mass is 464 g/mol. The zero-order chi connectivity index (χ0) is 20.3. The molecule has 3 aromatic rings. The normalized spacial score (nSPS) is 11.2. The fraction of sp³-hybridized carbons (Fsp3) is 0.176. The molecule has 0 saturated heterocycles. The van der Waals surface area contributed by atoms with Crippen LogP contribution in [0.2, 0.25) is 0 Å². The molecule has 0 bridgehead atoms. The van der Waals surface area contributed by atoms with Crippen molar-refractivity contribution in [1.82, 2.24) is 19.7 Å². The van der Waals surface area contributed by atoms with Gasteiger partial charge in [-0.25, -0.2) is 23.1 Å². The standard InChI is InChI=1S/C17H17BrN6O3S/c1-11-16(18)12(2)24(22-11)10-15(25)21-13-4-6-14(7-5-13)28(26,27)23-17-19-8-3-9-20-17/h3-9H,10H2,1-2H3,(H,21,25)(H,19,20,23). The zero-order valence-electron chi connectivity index (χ0n) is 15.0. The van der Waals surface area contributed by atoms with E-state index in [1.807, 2.05) is 13.8 Å². The van der Waals surface area contributed by atoms with Crippen LogP contribution in [-0.4, -0.2) is 34.1 Å². The van der Waals surface area contributed by atoms with Gasteiger partial charge < -0.3 is 5.32 Å². The summed E-state index contributed by atoms with van der Waals surface area (Å²) in [4.78, 5) is 19.9. The van der Waals surface area contributed by atoms with E-state index in [9.17, 15) is 13.2 Å². The molecule has 2 N–H and O–H groups in total. The van der Waals surface area contributed by atoms with Crippen LogP contribution in [0, 0.1) is 13.8 Å². The number of sulfonamides is 1. The lowest BCUT2D eigenvalue weighted by molar-refractivity contribution is -0.116. The molecule has 146 valence electrons. The van der Waals surface area contributed by atoms with Crippen LogP contribution in [0.4, 0.5) is 11.6 Å². The molecule has 2 heterocycles. The predicted molar refractivity (Wildman–Crippen MR) is 107 cm³/mol. The second kappa shape index (κ2) is 8.07. The average Bonchev–Trinajstić information content (AvgIpc) is 2.89. The first-order valence-electron chi connectivity index (χ1n) is 8.15. The number of hydrogen-bond donors (Lipinski definition) is 2. The van der Waals surface area contributed by atoms with Crippen LogP contribution in [0.3, 0.4) is 0 Å². The molecule has 28 heavy (non-hydrogen) atoms. The summed E-state index contributed by atoms with van der Waals surface area (Å²) >= 11 is 3.42. The molecule has 3 rings (SSSR count). The molecule has 0 spiro atoms. The van der Waals surface area contributed by atoms with Crippen molar-refractivity contribution in [1.29, 1.82) is 0 Å². The van der Waals surface area contributed by atoms with Crippen LogP contribution in [-0.2, 0) is 21.4 Å². The first kappa shape index (κ1) is 20.0. The van der Waals surface area contributed by atoms with Gasteiger partial charge in [0.15, 0.2) is 0 Å². The Labute approximate surface area is 170 Å². The van der Waals surface area contributed by atoms with E-state index in [4.69, 9.17) is 0 Å². The molecule has 0 aliphatic heterocycles. The number of aromatic nitrogens is 4. The molecule has 0 saturated carbocycles. The molecule has 0 aliphatic rings. The Bertz CT molecular complexity index is 1100. The van der Waals surface area contributed by atoms with E-state index in [-0.39, 0.29) is 23.3 Å². The Kier molecular flexibility index (Phi) is 5.75. The Hall–Kier alpha value is -2.79. The molecule has 0 atom stereocenters. The van der Waals surface area contributed by atoms with Crippen molar-refractivity contribution >= 4 is 43.5 Å². The second-order valence-corrected chi connectivity index (χ2v) is 8.37. The Morgan fingerprint density at radius 3 is 2.36 bits per heavy atom. The van der Waals surface area contributed by atoms with Crippen molar-refractivity contribution < 1.29 is 13.2 Å². The summed E-state index contributed by atoms with van der Waals surface area (Å²) in [6.45, 7) is 3.75. The highest BCUT2D eigenvalue weighted by atomic mass is 79.9. The highest BCUT2D eigenvalue weighted by Crippen LogP contribution is 2.20. The maximum atomic E-state index is 12.4. The van der Waals surface area contributed by atoms with E-state index in [2.05, 4.69) is 41.0 Å². The smallest absolute Gasteiger partial charge is 0.264 e. The van der Waals surface area contributed by atoms with Crippen LogP contribution in [0.1, 0.15) is 11.4 Å². The minimum atomic E-state index is -3.82. The number of anilines is 2. The number of nitrogens with one attached hydrogen (secondary N) is 2. The maximum Gasteiger partial charge on any atom is 0.264 e. The Morgan fingerprint density at radius 2 is 1.79 bits per heavy atom. The minimum Gasteiger partial charge on any atom is -0.324 e. The van der Waals surface area contributed by atoms with Gasteiger partial charge in [0.25, 0.3) is 10.0 Å². The van der Waals surface area contributed by atoms with Gasteiger partial charge in [0, 0.05) is 18.1 Å². The summed E-state index contributed by atoms with van der Waals surface area (Å²) in [6.07, 6.45) is 2.87. The van der Waals surface area contributed by atoms with Crippen molar-refractivity contribution in [3.05, 3.63) is 58.6 Å². The summed E-state index contributed by atoms with van der Waals surface area (Å²) in [5.74, 6) is -0.291. The number of carbonyl (C=O) groups is 1. The van der Waals surface area contributed by atoms with Crippen LogP contribution < -0.4 is 10.0 Å². The second-order valence-electron chi connectivity index (χ2n) is 5.89. The van der Waals surface area contributed by atoms with Crippen molar-refractivity contribution in [2.75, 3.05) is 10.0 Å². The van der Waals surface area contributed by atoms with Crippen LogP contribution in [0.25, 0.3) is 0 Å². The zero-order valence-corrected chi connectivity index (χ0v) is 17.5. The number of nitrogens with zero attached hydrogens (tertiary/aromatic N) is 4. The molecule has 0 radical (unpaired) electrons. The van der Waals surface area contributed by atoms with Gasteiger partial charge >= 0.3 is 0 Å². The Balaban J connectivity index is 1.67. The van der Waals surface area contributed by atoms with E-state index in [1.54, 1.807) is 10.7 Å². The highest BCUT2D eigenvalue weighted by Gasteiger charge is 2.16. The minimum absolute atomic E-state index is 0.0177. The van der Waals surface area contributed by atoms with Gasteiger partial charge in [0.2, 0.25) is 11.9 Å². The average molecular weight is 465 g/mol. The molecule has 0 aliphatic carbocycles. The molecule has 0 unspecified atom stereocenters. The lowest BCUT2D eigenvalue weighted by atomic mass is 10.3. The van der Waals surface area contributed by atoms with E-state index >= 15 is 0 Å². The number of hydrogen-bond acceptors (Lipinski definition) is 6. The van der Waals surface area contributed by atoms with Gasteiger partial charge in [-0.1, -0.05) is 0 Å². The maximum absolute atomic E-state index is 12.4. The third kappa shape index (κ3) is 4.54. The third-order valence-corrected chi connectivity index (χ3v) is 6.32. The summed E-state index contributed by atoms with van der Waals surface area (Å²) < 4.78 is 29.5. The number of aryl methyl sites for hydroxylation is 1. The van der Waals surface area contributed by atoms with Gasteiger partial charge in [-0.05, 0) is 60.1 Å². The van der Waals surface area contributed by atoms with E-state index in [1.165, 1.54) is 36.7 Å². The molecule has 2 aromatic heterocycles. The Morgan fingerprint density at radius 1 is 1.14 bits per heavy atom. The number of carbonyl (C=O) groups excluding carboxylic acids is 1. The largest absolute Gasteiger partial charge is 0.324 e. The number of benzene rings is 1. The van der Waals surface area contributed by atoms with E-state index < -0.39 is 10.0 Å². The van der Waals surface area contributed by atoms with Crippen molar-refractivity contribution in [3.63, 3.8) is 0 Å². The van der Waals surface area contributed by atoms with Crippen molar-refractivity contribution in [2.45, 2.75) is 25.3 Å². The van der Waals surface area contributed by atoms with Gasteiger partial charge in [-0.2, -0.15) is 5.10 Å².